The zero-order valence-corrected chi connectivity index (χ0v) is 12.9. The van der Waals surface area contributed by atoms with Crippen LogP contribution in [0.5, 0.6) is 0 Å². The number of thioether (sulfide) groups is 1. The van der Waals surface area contributed by atoms with Crippen molar-refractivity contribution in [3.63, 3.8) is 0 Å². The predicted octanol–water partition coefficient (Wildman–Crippen LogP) is 4.09. The molecule has 0 spiro atoms. The van der Waals surface area contributed by atoms with E-state index in [2.05, 4.69) is 21.2 Å². The summed E-state index contributed by atoms with van der Waals surface area (Å²) in [4.78, 5) is 12.0. The van der Waals surface area contributed by atoms with Crippen LogP contribution in [0.2, 0.25) is 0 Å². The Morgan fingerprint density at radius 2 is 1.95 bits per heavy atom. The van der Waals surface area contributed by atoms with E-state index in [-0.39, 0.29) is 16.1 Å². The van der Waals surface area contributed by atoms with Crippen LogP contribution in [0, 0.1) is 0 Å². The average molecular weight is 368 g/mol. The number of hydrogen-bond acceptors (Lipinski definition) is 2. The molecule has 0 aliphatic carbocycles. The third-order valence-corrected chi connectivity index (χ3v) is 4.83. The Balaban J connectivity index is 2.13. The quantitative estimate of drug-likeness (QED) is 0.852. The van der Waals surface area contributed by atoms with Gasteiger partial charge in [-0.05, 0) is 42.5 Å². The monoisotopic (exact) mass is 367 g/mol. The van der Waals surface area contributed by atoms with Crippen molar-refractivity contribution in [1.82, 2.24) is 5.32 Å². The summed E-state index contributed by atoms with van der Waals surface area (Å²) in [5, 5.41) is 2.80. The van der Waals surface area contributed by atoms with Crippen LogP contribution >= 0.6 is 27.7 Å². The van der Waals surface area contributed by atoms with Gasteiger partial charge in [-0.25, -0.2) is 0 Å². The van der Waals surface area contributed by atoms with Crippen LogP contribution in [0.1, 0.15) is 28.8 Å². The number of alkyl halides is 3. The molecule has 1 aliphatic heterocycles. The lowest BCUT2D eigenvalue weighted by molar-refractivity contribution is -0.138. The third-order valence-electron chi connectivity index (χ3n) is 3.09. The highest BCUT2D eigenvalue weighted by atomic mass is 79.9. The van der Waals surface area contributed by atoms with Gasteiger partial charge in [0.05, 0.1) is 5.56 Å². The molecule has 0 bridgehead atoms. The number of rotatable bonds is 2. The number of benzene rings is 1. The Bertz CT molecular complexity index is 501. The Hall–Kier alpha value is -0.690. The lowest BCUT2D eigenvalue weighted by Gasteiger charge is -2.22. The van der Waals surface area contributed by atoms with E-state index in [4.69, 9.17) is 0 Å². The van der Waals surface area contributed by atoms with Crippen LogP contribution in [0.3, 0.4) is 0 Å². The van der Waals surface area contributed by atoms with E-state index in [1.807, 2.05) is 11.8 Å². The molecular formula is C13H13BrF3NOS. The number of carbonyl (C=O) groups is 1. The van der Waals surface area contributed by atoms with Gasteiger partial charge in [-0.2, -0.15) is 24.9 Å². The highest BCUT2D eigenvalue weighted by Crippen LogP contribution is 2.35. The number of nitrogens with one attached hydrogen (secondary N) is 1. The maximum atomic E-state index is 12.8. The summed E-state index contributed by atoms with van der Waals surface area (Å²) in [7, 11) is 0. The lowest BCUT2D eigenvalue weighted by atomic mass is 10.1. The van der Waals surface area contributed by atoms with E-state index < -0.39 is 17.6 Å². The second-order valence-electron chi connectivity index (χ2n) is 4.55. The summed E-state index contributed by atoms with van der Waals surface area (Å²) >= 11 is 4.68. The van der Waals surface area contributed by atoms with E-state index in [1.165, 1.54) is 12.1 Å². The van der Waals surface area contributed by atoms with Crippen molar-refractivity contribution < 1.29 is 18.0 Å². The SMILES string of the molecule is O=C(NC1CCSCC1)c1ccc(Br)c(C(F)(F)F)c1. The summed E-state index contributed by atoms with van der Waals surface area (Å²) in [6.45, 7) is 0. The van der Waals surface area contributed by atoms with Crippen molar-refractivity contribution in [1.29, 1.82) is 0 Å². The van der Waals surface area contributed by atoms with Gasteiger partial charge >= 0.3 is 6.18 Å². The number of carbonyl (C=O) groups excluding carboxylic acids is 1. The molecule has 0 saturated carbocycles. The molecule has 20 heavy (non-hydrogen) atoms. The summed E-state index contributed by atoms with van der Waals surface area (Å²) in [6.07, 6.45) is -2.76. The van der Waals surface area contributed by atoms with E-state index in [0.29, 0.717) is 0 Å². The maximum Gasteiger partial charge on any atom is 0.417 e. The van der Waals surface area contributed by atoms with Crippen LogP contribution in [-0.2, 0) is 6.18 Å². The lowest BCUT2D eigenvalue weighted by Crippen LogP contribution is -2.37. The molecule has 2 nitrogen and oxygen atoms in total. The fourth-order valence-electron chi connectivity index (χ4n) is 1.99. The fourth-order valence-corrected chi connectivity index (χ4v) is 3.57. The van der Waals surface area contributed by atoms with Gasteiger partial charge in [0.2, 0.25) is 0 Å². The highest BCUT2D eigenvalue weighted by molar-refractivity contribution is 9.10. The first kappa shape index (κ1) is 15.7. The van der Waals surface area contributed by atoms with Gasteiger partial charge in [0.15, 0.2) is 0 Å². The molecule has 1 heterocycles. The van der Waals surface area contributed by atoms with Crippen molar-refractivity contribution in [2.24, 2.45) is 0 Å². The molecule has 0 atom stereocenters. The van der Waals surface area contributed by atoms with Crippen molar-refractivity contribution in [3.05, 3.63) is 33.8 Å². The topological polar surface area (TPSA) is 29.1 Å². The van der Waals surface area contributed by atoms with Crippen molar-refractivity contribution in [2.45, 2.75) is 25.1 Å². The van der Waals surface area contributed by atoms with E-state index in [0.717, 1.165) is 30.4 Å². The highest BCUT2D eigenvalue weighted by Gasteiger charge is 2.33. The molecule has 1 fully saturated rings. The molecule has 0 unspecified atom stereocenters. The maximum absolute atomic E-state index is 12.8. The second-order valence-corrected chi connectivity index (χ2v) is 6.63. The van der Waals surface area contributed by atoms with Gasteiger partial charge in [-0.15, -0.1) is 0 Å². The molecule has 110 valence electrons. The van der Waals surface area contributed by atoms with Crippen molar-refractivity contribution >= 4 is 33.6 Å². The van der Waals surface area contributed by atoms with Crippen LogP contribution in [0.25, 0.3) is 0 Å². The molecule has 0 radical (unpaired) electrons. The summed E-state index contributed by atoms with van der Waals surface area (Å²) < 4.78 is 38.3. The van der Waals surface area contributed by atoms with Crippen molar-refractivity contribution in [3.8, 4) is 0 Å². The normalized spacial score (nSPS) is 17.0. The zero-order valence-electron chi connectivity index (χ0n) is 10.5. The van der Waals surface area contributed by atoms with Gasteiger partial charge in [0.25, 0.3) is 5.91 Å². The molecule has 1 aromatic carbocycles. The smallest absolute Gasteiger partial charge is 0.349 e. The zero-order chi connectivity index (χ0) is 14.8. The molecule has 0 aromatic heterocycles. The van der Waals surface area contributed by atoms with Gasteiger partial charge in [0, 0.05) is 16.1 Å². The molecule has 7 heteroatoms. The Morgan fingerprint density at radius 1 is 1.30 bits per heavy atom. The second kappa shape index (κ2) is 6.39. The van der Waals surface area contributed by atoms with E-state index >= 15 is 0 Å². The summed E-state index contributed by atoms with van der Waals surface area (Å²) in [5.41, 5.74) is -0.789. The Kier molecular flexibility index (Phi) is 5.01. The largest absolute Gasteiger partial charge is 0.417 e. The Morgan fingerprint density at radius 3 is 2.55 bits per heavy atom. The fraction of sp³-hybridized carbons (Fsp3) is 0.462. The third kappa shape index (κ3) is 3.91. The molecule has 1 N–H and O–H groups in total. The number of halogens is 4. The molecule has 1 amide bonds. The van der Waals surface area contributed by atoms with Crippen LogP contribution in [-0.4, -0.2) is 23.5 Å². The van der Waals surface area contributed by atoms with Gasteiger partial charge in [-0.3, -0.25) is 4.79 Å². The number of hydrogen-bond donors (Lipinski definition) is 1. The average Bonchev–Trinajstić information content (AvgIpc) is 2.39. The standard InChI is InChI=1S/C13H13BrF3NOS/c14-11-2-1-8(7-10(11)13(15,16)17)12(19)18-9-3-5-20-6-4-9/h1-2,7,9H,3-6H2,(H,18,19). The van der Waals surface area contributed by atoms with Crippen LogP contribution in [0.4, 0.5) is 13.2 Å². The molecule has 1 aromatic rings. The van der Waals surface area contributed by atoms with Crippen LogP contribution < -0.4 is 5.32 Å². The van der Waals surface area contributed by atoms with Gasteiger partial charge in [-0.1, -0.05) is 15.9 Å². The number of amides is 1. The van der Waals surface area contributed by atoms with Gasteiger partial charge < -0.3 is 5.32 Å². The molecule has 1 saturated heterocycles. The molecule has 2 rings (SSSR count). The minimum atomic E-state index is -4.48. The van der Waals surface area contributed by atoms with Gasteiger partial charge in [0.1, 0.15) is 0 Å². The summed E-state index contributed by atoms with van der Waals surface area (Å²) in [5.74, 6) is 1.50. The summed E-state index contributed by atoms with van der Waals surface area (Å²) in [6, 6.07) is 3.60. The first-order chi connectivity index (χ1) is 9.38. The predicted molar refractivity (Wildman–Crippen MR) is 77.0 cm³/mol. The molecule has 1 aliphatic rings. The Labute approximate surface area is 127 Å². The molecular weight excluding hydrogens is 355 g/mol. The van der Waals surface area contributed by atoms with E-state index in [1.54, 1.807) is 0 Å². The van der Waals surface area contributed by atoms with Crippen LogP contribution in [0.15, 0.2) is 22.7 Å². The van der Waals surface area contributed by atoms with E-state index in [9.17, 15) is 18.0 Å². The minimum Gasteiger partial charge on any atom is -0.349 e. The minimum absolute atomic E-state index is 0.0405. The first-order valence-electron chi connectivity index (χ1n) is 6.13. The van der Waals surface area contributed by atoms with Crippen molar-refractivity contribution in [2.75, 3.05) is 11.5 Å². The first-order valence-corrected chi connectivity index (χ1v) is 8.08.